The highest BCUT2D eigenvalue weighted by Gasteiger charge is 2.20. The van der Waals surface area contributed by atoms with Gasteiger partial charge < -0.3 is 10.8 Å². The lowest BCUT2D eigenvalue weighted by molar-refractivity contribution is 0.475. The van der Waals surface area contributed by atoms with Crippen molar-refractivity contribution in [2.45, 2.75) is 18.9 Å². The largest absolute Gasteiger partial charge is 0.506 e. The van der Waals surface area contributed by atoms with E-state index in [-0.39, 0.29) is 11.8 Å². The summed E-state index contributed by atoms with van der Waals surface area (Å²) >= 11 is 5.75. The van der Waals surface area contributed by atoms with Crippen molar-refractivity contribution < 1.29 is 5.11 Å². The minimum absolute atomic E-state index is 0.0955. The second-order valence-corrected chi connectivity index (χ2v) is 3.55. The van der Waals surface area contributed by atoms with Crippen molar-refractivity contribution in [3.63, 3.8) is 0 Å². The summed E-state index contributed by atoms with van der Waals surface area (Å²) in [6, 6.07) is 3.58. The minimum atomic E-state index is 0.0955. The third-order valence-electron chi connectivity index (χ3n) is 2.33. The van der Waals surface area contributed by atoms with Gasteiger partial charge >= 0.3 is 0 Å². The normalized spacial score (nSPS) is 21.0. The highest BCUT2D eigenvalue weighted by atomic mass is 35.5. The van der Waals surface area contributed by atoms with Crippen LogP contribution in [-0.2, 0) is 6.42 Å². The number of aryl methyl sites for hydroxylation is 1. The number of benzene rings is 1. The van der Waals surface area contributed by atoms with E-state index in [9.17, 15) is 5.11 Å². The molecule has 0 fully saturated rings. The van der Waals surface area contributed by atoms with Gasteiger partial charge in [0.15, 0.2) is 0 Å². The van der Waals surface area contributed by atoms with Crippen LogP contribution in [0.3, 0.4) is 0 Å². The first kappa shape index (κ1) is 7.90. The lowest BCUT2D eigenvalue weighted by atomic mass is 10.1. The van der Waals surface area contributed by atoms with Crippen LogP contribution in [0.5, 0.6) is 5.75 Å². The van der Waals surface area contributed by atoms with E-state index in [1.54, 1.807) is 12.1 Å². The molecular formula is C9H10ClNO. The molecule has 1 unspecified atom stereocenters. The fraction of sp³-hybridized carbons (Fsp3) is 0.333. The Morgan fingerprint density at radius 3 is 3.00 bits per heavy atom. The highest BCUT2D eigenvalue weighted by Crippen LogP contribution is 2.35. The van der Waals surface area contributed by atoms with Crippen molar-refractivity contribution in [3.8, 4) is 5.75 Å². The van der Waals surface area contributed by atoms with Gasteiger partial charge in [0, 0.05) is 6.04 Å². The first-order chi connectivity index (χ1) is 5.68. The summed E-state index contributed by atoms with van der Waals surface area (Å²) in [7, 11) is 0. The van der Waals surface area contributed by atoms with Crippen LogP contribution >= 0.6 is 11.6 Å². The highest BCUT2D eigenvalue weighted by molar-refractivity contribution is 6.32. The van der Waals surface area contributed by atoms with Crippen molar-refractivity contribution in [1.82, 2.24) is 0 Å². The summed E-state index contributed by atoms with van der Waals surface area (Å²) in [5, 5.41) is 9.69. The maximum absolute atomic E-state index is 9.30. The van der Waals surface area contributed by atoms with Gasteiger partial charge in [0.25, 0.3) is 0 Å². The molecule has 0 aliphatic heterocycles. The Morgan fingerprint density at radius 1 is 1.50 bits per heavy atom. The number of rotatable bonds is 0. The van der Waals surface area contributed by atoms with Crippen LogP contribution in [0.2, 0.25) is 5.02 Å². The van der Waals surface area contributed by atoms with Gasteiger partial charge in [-0.1, -0.05) is 11.6 Å². The van der Waals surface area contributed by atoms with E-state index in [0.717, 1.165) is 24.0 Å². The molecule has 3 heteroatoms. The number of hydrogen-bond donors (Lipinski definition) is 2. The molecule has 1 atom stereocenters. The van der Waals surface area contributed by atoms with Crippen LogP contribution in [0.1, 0.15) is 23.6 Å². The van der Waals surface area contributed by atoms with Crippen molar-refractivity contribution in [2.75, 3.05) is 0 Å². The fourth-order valence-electron chi connectivity index (χ4n) is 1.65. The fourth-order valence-corrected chi connectivity index (χ4v) is 1.82. The number of aromatic hydroxyl groups is 1. The van der Waals surface area contributed by atoms with E-state index in [1.165, 1.54) is 0 Å². The standard InChI is InChI=1S/C9H10ClNO/c10-7-4-6-5(3-9(7)12)1-2-8(6)11/h3-4,8,12H,1-2,11H2. The van der Waals surface area contributed by atoms with Crippen LogP contribution in [0.15, 0.2) is 12.1 Å². The molecule has 0 radical (unpaired) electrons. The molecule has 64 valence electrons. The first-order valence-electron chi connectivity index (χ1n) is 3.95. The van der Waals surface area contributed by atoms with Gasteiger partial charge in [0.05, 0.1) is 5.02 Å². The second-order valence-electron chi connectivity index (χ2n) is 3.15. The molecule has 2 rings (SSSR count). The number of nitrogens with two attached hydrogens (primary N) is 1. The molecule has 2 nitrogen and oxygen atoms in total. The summed E-state index contributed by atoms with van der Waals surface area (Å²) in [5.41, 5.74) is 8.04. The predicted octanol–water partition coefficient (Wildman–Crippen LogP) is 1.99. The van der Waals surface area contributed by atoms with Crippen LogP contribution in [0, 0.1) is 0 Å². The predicted molar refractivity (Wildman–Crippen MR) is 48.4 cm³/mol. The summed E-state index contributed by atoms with van der Waals surface area (Å²) in [4.78, 5) is 0. The topological polar surface area (TPSA) is 46.2 Å². The average Bonchev–Trinajstić information content (AvgIpc) is 2.35. The third-order valence-corrected chi connectivity index (χ3v) is 2.64. The number of halogens is 1. The van der Waals surface area contributed by atoms with Gasteiger partial charge in [-0.05, 0) is 36.1 Å². The van der Waals surface area contributed by atoms with Gasteiger partial charge in [-0.15, -0.1) is 0 Å². The van der Waals surface area contributed by atoms with Crippen molar-refractivity contribution in [2.24, 2.45) is 5.73 Å². The molecule has 0 saturated heterocycles. The van der Waals surface area contributed by atoms with Crippen molar-refractivity contribution >= 4 is 11.6 Å². The number of hydrogen-bond acceptors (Lipinski definition) is 2. The smallest absolute Gasteiger partial charge is 0.134 e. The first-order valence-corrected chi connectivity index (χ1v) is 4.33. The van der Waals surface area contributed by atoms with Crippen LogP contribution in [0.4, 0.5) is 0 Å². The molecule has 0 saturated carbocycles. The lowest BCUT2D eigenvalue weighted by Gasteiger charge is -2.05. The summed E-state index contributed by atoms with van der Waals surface area (Å²) in [6.45, 7) is 0. The number of phenols is 1. The molecule has 0 heterocycles. The average molecular weight is 184 g/mol. The molecule has 3 N–H and O–H groups in total. The molecule has 0 bridgehead atoms. The minimum Gasteiger partial charge on any atom is -0.506 e. The van der Waals surface area contributed by atoms with Crippen molar-refractivity contribution in [1.29, 1.82) is 0 Å². The molecule has 0 spiro atoms. The van der Waals surface area contributed by atoms with Crippen molar-refractivity contribution in [3.05, 3.63) is 28.3 Å². The Kier molecular flexibility index (Phi) is 1.74. The van der Waals surface area contributed by atoms with E-state index >= 15 is 0 Å². The van der Waals surface area contributed by atoms with Gasteiger partial charge in [0.2, 0.25) is 0 Å². The monoisotopic (exact) mass is 183 g/mol. The van der Waals surface area contributed by atoms with E-state index in [4.69, 9.17) is 17.3 Å². The maximum atomic E-state index is 9.30. The van der Waals surface area contributed by atoms with Gasteiger partial charge in [-0.3, -0.25) is 0 Å². The van der Waals surface area contributed by atoms with E-state index < -0.39 is 0 Å². The Balaban J connectivity index is 2.56. The summed E-state index contributed by atoms with van der Waals surface area (Å²) < 4.78 is 0. The lowest BCUT2D eigenvalue weighted by Crippen LogP contribution is -2.04. The van der Waals surface area contributed by atoms with E-state index in [2.05, 4.69) is 0 Å². The van der Waals surface area contributed by atoms with E-state index in [0.29, 0.717) is 5.02 Å². The molecular weight excluding hydrogens is 174 g/mol. The maximum Gasteiger partial charge on any atom is 0.134 e. The summed E-state index contributed by atoms with van der Waals surface area (Å²) in [6.07, 6.45) is 1.90. The van der Waals surface area contributed by atoms with Crippen LogP contribution in [0.25, 0.3) is 0 Å². The Morgan fingerprint density at radius 2 is 2.25 bits per heavy atom. The third kappa shape index (κ3) is 1.08. The number of fused-ring (bicyclic) bond motifs is 1. The molecule has 0 amide bonds. The molecule has 1 aliphatic rings. The SMILES string of the molecule is NC1CCc2cc(O)c(Cl)cc21. The van der Waals surface area contributed by atoms with Crippen LogP contribution in [-0.4, -0.2) is 5.11 Å². The van der Waals surface area contributed by atoms with Crippen LogP contribution < -0.4 is 5.73 Å². The Labute approximate surface area is 76.0 Å². The zero-order chi connectivity index (χ0) is 8.72. The molecule has 1 aromatic rings. The van der Waals surface area contributed by atoms with E-state index in [1.807, 2.05) is 0 Å². The van der Waals surface area contributed by atoms with Gasteiger partial charge in [0.1, 0.15) is 5.75 Å². The molecule has 1 aromatic carbocycles. The second kappa shape index (κ2) is 2.64. The van der Waals surface area contributed by atoms with Gasteiger partial charge in [-0.2, -0.15) is 0 Å². The molecule has 0 aromatic heterocycles. The molecule has 1 aliphatic carbocycles. The zero-order valence-electron chi connectivity index (χ0n) is 6.55. The molecule has 12 heavy (non-hydrogen) atoms. The Hall–Kier alpha value is -0.730. The number of phenolic OH excluding ortho intramolecular Hbond substituents is 1. The zero-order valence-corrected chi connectivity index (χ0v) is 7.30. The van der Waals surface area contributed by atoms with Gasteiger partial charge in [-0.25, -0.2) is 0 Å². The summed E-state index contributed by atoms with van der Waals surface area (Å²) in [5.74, 6) is 0.157. The Bertz CT molecular complexity index is 325. The quantitative estimate of drug-likeness (QED) is 0.646.